The molecule has 33 heavy (non-hydrogen) atoms. The molecule has 2 heterocycles. The van der Waals surface area contributed by atoms with Crippen molar-refractivity contribution in [2.75, 3.05) is 51.3 Å². The summed E-state index contributed by atoms with van der Waals surface area (Å²) in [4.78, 5) is 30.1. The van der Waals surface area contributed by atoms with Gasteiger partial charge in [-0.05, 0) is 36.8 Å². The summed E-state index contributed by atoms with van der Waals surface area (Å²) in [6.07, 6.45) is 0. The number of anilines is 1. The SMILES string of the molecule is CCOC(=O)C1=C(CN2CCN(c3ccccc3)CC2)NC(=O)NC1c1ccc(OC)cc1. The number of para-hydroxylation sites is 1. The van der Waals surface area contributed by atoms with Crippen molar-refractivity contribution >= 4 is 17.7 Å². The third-order valence-corrected chi connectivity index (χ3v) is 5.97. The van der Waals surface area contributed by atoms with Crippen LogP contribution in [0.25, 0.3) is 0 Å². The number of hydrogen-bond acceptors (Lipinski definition) is 6. The zero-order chi connectivity index (χ0) is 23.2. The number of piperazine rings is 1. The quantitative estimate of drug-likeness (QED) is 0.631. The number of urea groups is 1. The zero-order valence-electron chi connectivity index (χ0n) is 19.0. The van der Waals surface area contributed by atoms with Crippen LogP contribution >= 0.6 is 0 Å². The van der Waals surface area contributed by atoms with Crippen LogP contribution in [0.3, 0.4) is 0 Å². The molecule has 8 nitrogen and oxygen atoms in total. The number of rotatable bonds is 7. The fourth-order valence-corrected chi connectivity index (χ4v) is 4.27. The van der Waals surface area contributed by atoms with E-state index in [-0.39, 0.29) is 12.6 Å². The molecule has 8 heteroatoms. The van der Waals surface area contributed by atoms with Gasteiger partial charge < -0.3 is 25.0 Å². The highest BCUT2D eigenvalue weighted by molar-refractivity contribution is 5.95. The second-order valence-electron chi connectivity index (χ2n) is 8.02. The predicted octanol–water partition coefficient (Wildman–Crippen LogP) is 2.69. The highest BCUT2D eigenvalue weighted by Gasteiger charge is 2.34. The van der Waals surface area contributed by atoms with E-state index in [1.807, 2.05) is 42.5 Å². The molecule has 174 valence electrons. The molecule has 2 aliphatic rings. The van der Waals surface area contributed by atoms with Crippen molar-refractivity contribution in [3.05, 3.63) is 71.4 Å². The van der Waals surface area contributed by atoms with Gasteiger partial charge in [-0.3, -0.25) is 4.90 Å². The summed E-state index contributed by atoms with van der Waals surface area (Å²) in [5.41, 5.74) is 3.02. The van der Waals surface area contributed by atoms with Gasteiger partial charge in [0.1, 0.15) is 5.75 Å². The molecule has 1 atom stereocenters. The highest BCUT2D eigenvalue weighted by atomic mass is 16.5. The molecular weight excluding hydrogens is 420 g/mol. The maximum absolute atomic E-state index is 13.0. The zero-order valence-corrected chi connectivity index (χ0v) is 19.0. The Hall–Kier alpha value is -3.52. The molecule has 2 aromatic carbocycles. The van der Waals surface area contributed by atoms with Gasteiger partial charge in [-0.25, -0.2) is 9.59 Å². The molecule has 0 spiro atoms. The van der Waals surface area contributed by atoms with Crippen molar-refractivity contribution < 1.29 is 19.1 Å². The standard InChI is InChI=1S/C25H30N4O4/c1-3-33-24(30)22-21(17-28-13-15-29(16-14-28)19-7-5-4-6-8-19)26-25(31)27-23(22)18-9-11-20(32-2)12-10-18/h4-12,23H,3,13-17H2,1-2H3,(H2,26,27,31). The van der Waals surface area contributed by atoms with Crippen LogP contribution in [0.1, 0.15) is 18.5 Å². The first kappa shape index (κ1) is 22.7. The van der Waals surface area contributed by atoms with Crippen molar-refractivity contribution in [1.82, 2.24) is 15.5 Å². The van der Waals surface area contributed by atoms with Gasteiger partial charge in [0.25, 0.3) is 0 Å². The molecule has 2 amide bonds. The van der Waals surface area contributed by atoms with Gasteiger partial charge in [0, 0.05) is 44.1 Å². The van der Waals surface area contributed by atoms with Crippen molar-refractivity contribution in [3.63, 3.8) is 0 Å². The van der Waals surface area contributed by atoms with Crippen LogP contribution in [-0.2, 0) is 9.53 Å². The first-order valence-corrected chi connectivity index (χ1v) is 11.2. The van der Waals surface area contributed by atoms with Crippen LogP contribution in [0, 0.1) is 0 Å². The van der Waals surface area contributed by atoms with Crippen LogP contribution in [0.4, 0.5) is 10.5 Å². The minimum atomic E-state index is -0.593. The molecule has 2 aromatic rings. The molecule has 0 saturated carbocycles. The number of esters is 1. The van der Waals surface area contributed by atoms with Crippen LogP contribution in [0.2, 0.25) is 0 Å². The van der Waals surface area contributed by atoms with E-state index < -0.39 is 12.0 Å². The average molecular weight is 451 g/mol. The van der Waals surface area contributed by atoms with E-state index in [4.69, 9.17) is 9.47 Å². The second kappa shape index (κ2) is 10.4. The lowest BCUT2D eigenvalue weighted by atomic mass is 9.94. The Morgan fingerprint density at radius 1 is 1.03 bits per heavy atom. The number of nitrogens with one attached hydrogen (secondary N) is 2. The topological polar surface area (TPSA) is 83.1 Å². The normalized spacial score (nSPS) is 19.0. The Bertz CT molecular complexity index is 999. The van der Waals surface area contributed by atoms with Gasteiger partial charge in [-0.15, -0.1) is 0 Å². The molecule has 1 fully saturated rings. The fourth-order valence-electron chi connectivity index (χ4n) is 4.27. The van der Waals surface area contributed by atoms with E-state index in [1.54, 1.807) is 14.0 Å². The number of carbonyl (C=O) groups is 2. The van der Waals surface area contributed by atoms with Gasteiger partial charge >= 0.3 is 12.0 Å². The molecule has 2 aliphatic heterocycles. The summed E-state index contributed by atoms with van der Waals surface area (Å²) in [7, 11) is 1.60. The Morgan fingerprint density at radius 2 is 1.73 bits per heavy atom. The second-order valence-corrected chi connectivity index (χ2v) is 8.02. The molecule has 0 bridgehead atoms. The fraction of sp³-hybridized carbons (Fsp3) is 0.360. The van der Waals surface area contributed by atoms with Gasteiger partial charge in [0.15, 0.2) is 0 Å². The lowest BCUT2D eigenvalue weighted by Crippen LogP contribution is -2.51. The van der Waals surface area contributed by atoms with E-state index in [9.17, 15) is 9.59 Å². The lowest BCUT2D eigenvalue weighted by Gasteiger charge is -2.38. The number of carbonyl (C=O) groups excluding carboxylic acids is 2. The molecule has 0 aliphatic carbocycles. The Labute approximate surface area is 194 Å². The third kappa shape index (κ3) is 5.28. The molecular formula is C25H30N4O4. The highest BCUT2D eigenvalue weighted by Crippen LogP contribution is 2.29. The average Bonchev–Trinajstić information content (AvgIpc) is 2.85. The van der Waals surface area contributed by atoms with Crippen molar-refractivity contribution in [2.45, 2.75) is 13.0 Å². The van der Waals surface area contributed by atoms with Crippen molar-refractivity contribution in [1.29, 1.82) is 0 Å². The summed E-state index contributed by atoms with van der Waals surface area (Å²) < 4.78 is 10.6. The summed E-state index contributed by atoms with van der Waals surface area (Å²) in [6.45, 7) is 5.90. The number of ether oxygens (including phenoxy) is 2. The van der Waals surface area contributed by atoms with Gasteiger partial charge in [-0.2, -0.15) is 0 Å². The number of nitrogens with zero attached hydrogens (tertiary/aromatic N) is 2. The van der Waals surface area contributed by atoms with Gasteiger partial charge in [0.2, 0.25) is 0 Å². The number of hydrogen-bond donors (Lipinski definition) is 2. The smallest absolute Gasteiger partial charge is 0.338 e. The minimum absolute atomic E-state index is 0.259. The Balaban J connectivity index is 1.56. The predicted molar refractivity (Wildman–Crippen MR) is 126 cm³/mol. The third-order valence-electron chi connectivity index (χ3n) is 5.97. The van der Waals surface area contributed by atoms with Crippen LogP contribution < -0.4 is 20.3 Å². The van der Waals surface area contributed by atoms with Crippen LogP contribution in [0.15, 0.2) is 65.9 Å². The van der Waals surface area contributed by atoms with Crippen LogP contribution in [-0.4, -0.2) is 63.3 Å². The number of benzene rings is 2. The summed E-state index contributed by atoms with van der Waals surface area (Å²) >= 11 is 0. The van der Waals surface area contributed by atoms with Crippen LogP contribution in [0.5, 0.6) is 5.75 Å². The number of amides is 2. The van der Waals surface area contributed by atoms with Gasteiger partial charge in [0.05, 0.1) is 25.3 Å². The largest absolute Gasteiger partial charge is 0.497 e. The molecule has 0 radical (unpaired) electrons. The summed E-state index contributed by atoms with van der Waals surface area (Å²) in [6, 6.07) is 16.7. The Morgan fingerprint density at radius 3 is 2.36 bits per heavy atom. The van der Waals surface area contributed by atoms with E-state index >= 15 is 0 Å². The van der Waals surface area contributed by atoms with Crippen molar-refractivity contribution in [3.8, 4) is 5.75 Å². The first-order valence-electron chi connectivity index (χ1n) is 11.2. The monoisotopic (exact) mass is 450 g/mol. The summed E-state index contributed by atoms with van der Waals surface area (Å²) in [5, 5.41) is 5.75. The first-order chi connectivity index (χ1) is 16.1. The molecule has 4 rings (SSSR count). The maximum Gasteiger partial charge on any atom is 0.338 e. The maximum atomic E-state index is 13.0. The van der Waals surface area contributed by atoms with E-state index in [1.165, 1.54) is 5.69 Å². The Kier molecular flexibility index (Phi) is 7.14. The molecule has 1 unspecified atom stereocenters. The molecule has 0 aromatic heterocycles. The lowest BCUT2D eigenvalue weighted by molar-refractivity contribution is -0.139. The van der Waals surface area contributed by atoms with E-state index in [0.717, 1.165) is 31.7 Å². The van der Waals surface area contributed by atoms with E-state index in [0.29, 0.717) is 23.6 Å². The molecule has 1 saturated heterocycles. The summed E-state index contributed by atoms with van der Waals surface area (Å²) in [5.74, 6) is 0.279. The minimum Gasteiger partial charge on any atom is -0.497 e. The van der Waals surface area contributed by atoms with Crippen molar-refractivity contribution in [2.24, 2.45) is 0 Å². The number of methoxy groups -OCH3 is 1. The molecule has 2 N–H and O–H groups in total. The van der Waals surface area contributed by atoms with Gasteiger partial charge in [-0.1, -0.05) is 30.3 Å². The van der Waals surface area contributed by atoms with E-state index in [2.05, 4.69) is 32.6 Å².